The summed E-state index contributed by atoms with van der Waals surface area (Å²) in [5.41, 5.74) is 1.78. The summed E-state index contributed by atoms with van der Waals surface area (Å²) >= 11 is 0. The summed E-state index contributed by atoms with van der Waals surface area (Å²) in [6.07, 6.45) is 1.01. The van der Waals surface area contributed by atoms with E-state index in [1.54, 1.807) is 19.1 Å². The largest absolute Gasteiger partial charge is 0.456 e. The Morgan fingerprint density at radius 2 is 1.97 bits per heavy atom. The van der Waals surface area contributed by atoms with Crippen molar-refractivity contribution in [2.75, 3.05) is 18.5 Å². The lowest BCUT2D eigenvalue weighted by Gasteiger charge is -2.17. The first kappa shape index (κ1) is 22.5. The van der Waals surface area contributed by atoms with Crippen molar-refractivity contribution in [1.82, 2.24) is 0 Å². The normalized spacial score (nSPS) is 22.2. The fourth-order valence-electron chi connectivity index (χ4n) is 3.71. The highest BCUT2D eigenvalue weighted by atomic mass is 16.6. The Hall–Kier alpha value is -2.77. The molecule has 0 heterocycles. The summed E-state index contributed by atoms with van der Waals surface area (Å²) in [4.78, 5) is 46.5. The molecule has 1 saturated carbocycles. The first-order valence-electron chi connectivity index (χ1n) is 9.91. The van der Waals surface area contributed by atoms with Crippen molar-refractivity contribution in [2.45, 2.75) is 46.0 Å². The van der Waals surface area contributed by atoms with Gasteiger partial charge in [0.05, 0.1) is 6.42 Å². The molecule has 0 bridgehead atoms. The Balaban J connectivity index is 1.83. The molecule has 1 aromatic carbocycles. The number of rotatable bonds is 9. The van der Waals surface area contributed by atoms with Crippen LogP contribution in [0.15, 0.2) is 24.3 Å². The van der Waals surface area contributed by atoms with Crippen LogP contribution in [0.4, 0.5) is 5.69 Å². The molecule has 1 aliphatic carbocycles. The molecule has 29 heavy (non-hydrogen) atoms. The monoisotopic (exact) mass is 404 g/mol. The van der Waals surface area contributed by atoms with Gasteiger partial charge in [0, 0.05) is 28.9 Å². The van der Waals surface area contributed by atoms with Crippen LogP contribution in [0, 0.1) is 27.9 Å². The number of benzene rings is 1. The molecular formula is C21H28N2O6. The summed E-state index contributed by atoms with van der Waals surface area (Å²) in [5.74, 6) is -2.27. The molecule has 0 saturated heterocycles. The van der Waals surface area contributed by atoms with Crippen LogP contribution in [0.25, 0.3) is 0 Å². The van der Waals surface area contributed by atoms with Crippen molar-refractivity contribution < 1.29 is 24.0 Å². The molecule has 1 aliphatic rings. The summed E-state index contributed by atoms with van der Waals surface area (Å²) in [7, 11) is 0. The Morgan fingerprint density at radius 3 is 2.55 bits per heavy atom. The third-order valence-corrected chi connectivity index (χ3v) is 5.67. The van der Waals surface area contributed by atoms with Crippen molar-refractivity contribution in [3.8, 4) is 0 Å². The topological polar surface area (TPSA) is 116 Å². The summed E-state index contributed by atoms with van der Waals surface area (Å²) in [5, 5.41) is 13.5. The number of nitrogens with one attached hydrogen (secondary N) is 1. The Labute approximate surface area is 170 Å². The van der Waals surface area contributed by atoms with Gasteiger partial charge in [0.2, 0.25) is 6.54 Å². The Kier molecular flexibility index (Phi) is 7.87. The number of Topliss-reactive ketones (excluding diaryl/α,β-unsaturated/α-hetero) is 1. The number of carbonyl (C=O) groups is 3. The van der Waals surface area contributed by atoms with E-state index in [0.717, 1.165) is 6.42 Å². The van der Waals surface area contributed by atoms with Crippen molar-refractivity contribution in [3.63, 3.8) is 0 Å². The number of nitro groups is 1. The maximum atomic E-state index is 12.1. The van der Waals surface area contributed by atoms with Gasteiger partial charge in [-0.3, -0.25) is 24.5 Å². The van der Waals surface area contributed by atoms with Gasteiger partial charge in [0.25, 0.3) is 5.91 Å². The van der Waals surface area contributed by atoms with E-state index >= 15 is 0 Å². The molecule has 0 unspecified atom stereocenters. The number of ether oxygens (including phenoxy) is 1. The van der Waals surface area contributed by atoms with Gasteiger partial charge in [-0.1, -0.05) is 32.9 Å². The van der Waals surface area contributed by atoms with E-state index in [-0.39, 0.29) is 31.1 Å². The predicted octanol–water partition coefficient (Wildman–Crippen LogP) is 3.19. The van der Waals surface area contributed by atoms with Gasteiger partial charge in [-0.05, 0) is 36.0 Å². The van der Waals surface area contributed by atoms with Crippen molar-refractivity contribution in [3.05, 3.63) is 39.9 Å². The van der Waals surface area contributed by atoms with E-state index < -0.39 is 35.2 Å². The van der Waals surface area contributed by atoms with Crippen LogP contribution in [0.2, 0.25) is 0 Å². The number of anilines is 1. The molecule has 0 aliphatic heterocycles. The van der Waals surface area contributed by atoms with Crippen LogP contribution in [-0.2, 0) is 19.1 Å². The lowest BCUT2D eigenvalue weighted by Crippen LogP contribution is -2.28. The molecule has 1 N–H and O–H groups in total. The van der Waals surface area contributed by atoms with Crippen LogP contribution in [-0.4, -0.2) is 35.7 Å². The molecule has 8 nitrogen and oxygen atoms in total. The molecule has 0 radical (unpaired) electrons. The van der Waals surface area contributed by atoms with Gasteiger partial charge in [0.15, 0.2) is 6.61 Å². The first-order chi connectivity index (χ1) is 13.7. The minimum Gasteiger partial charge on any atom is -0.456 e. The zero-order valence-electron chi connectivity index (χ0n) is 17.1. The molecule has 1 amide bonds. The zero-order valence-corrected chi connectivity index (χ0v) is 17.1. The quantitative estimate of drug-likeness (QED) is 0.384. The lowest BCUT2D eigenvalue weighted by molar-refractivity contribution is -0.490. The van der Waals surface area contributed by atoms with E-state index in [0.29, 0.717) is 11.6 Å². The molecule has 2 rings (SSSR count). The van der Waals surface area contributed by atoms with Crippen molar-refractivity contribution in [2.24, 2.45) is 17.8 Å². The number of hydrogen-bond donors (Lipinski definition) is 1. The van der Waals surface area contributed by atoms with Gasteiger partial charge < -0.3 is 10.1 Å². The summed E-state index contributed by atoms with van der Waals surface area (Å²) in [6, 6.07) is 7.47. The van der Waals surface area contributed by atoms with Crippen LogP contribution in [0.1, 0.15) is 51.5 Å². The molecule has 1 aromatic rings. The average Bonchev–Trinajstić information content (AvgIpc) is 2.93. The fourth-order valence-corrected chi connectivity index (χ4v) is 3.71. The number of esters is 1. The highest BCUT2D eigenvalue weighted by Gasteiger charge is 2.44. The number of hydrogen-bond acceptors (Lipinski definition) is 6. The number of carbonyl (C=O) groups excluding carboxylic acids is 3. The van der Waals surface area contributed by atoms with Gasteiger partial charge in [-0.2, -0.15) is 0 Å². The van der Waals surface area contributed by atoms with Crippen molar-refractivity contribution in [1.29, 1.82) is 0 Å². The minimum atomic E-state index is -0.723. The highest BCUT2D eigenvalue weighted by Crippen LogP contribution is 2.36. The first-order valence-corrected chi connectivity index (χ1v) is 9.91. The second kappa shape index (κ2) is 10.1. The maximum Gasteiger partial charge on any atom is 0.307 e. The smallest absolute Gasteiger partial charge is 0.307 e. The van der Waals surface area contributed by atoms with Gasteiger partial charge in [-0.25, -0.2) is 0 Å². The predicted molar refractivity (Wildman–Crippen MR) is 107 cm³/mol. The maximum absolute atomic E-state index is 12.1. The van der Waals surface area contributed by atoms with E-state index in [2.05, 4.69) is 19.2 Å². The average molecular weight is 404 g/mol. The second-order valence-corrected chi connectivity index (χ2v) is 7.78. The highest BCUT2D eigenvalue weighted by molar-refractivity contribution is 5.93. The third-order valence-electron chi connectivity index (χ3n) is 5.67. The van der Waals surface area contributed by atoms with E-state index in [1.165, 1.54) is 5.56 Å². The van der Waals surface area contributed by atoms with Crippen LogP contribution in [0.3, 0.4) is 0 Å². The molecule has 0 spiro atoms. The molecule has 8 heteroatoms. The lowest BCUT2D eigenvalue weighted by atomic mass is 9.88. The minimum absolute atomic E-state index is 0.146. The van der Waals surface area contributed by atoms with Crippen LogP contribution < -0.4 is 5.32 Å². The standard InChI is InChI=1S/C21H28N2O6/c1-4-13(2)15-5-7-16(8-6-15)22-20(25)12-29-21(26)10-17-18(11-23(27)28)14(3)9-19(17)24/h5-8,13-14,17-18H,4,9-12H2,1-3H3,(H,22,25)/t13-,14+,17+,18+/m0/s1. The molecule has 1 fully saturated rings. The Morgan fingerprint density at radius 1 is 1.31 bits per heavy atom. The van der Waals surface area contributed by atoms with Gasteiger partial charge in [-0.15, -0.1) is 0 Å². The molecule has 0 aromatic heterocycles. The SMILES string of the molecule is CC[C@H](C)c1ccc(NC(=O)COC(=O)C[C@H]2C(=O)C[C@@H](C)[C@H]2C[N+](=O)[O-])cc1. The molecule has 158 valence electrons. The Bertz CT molecular complexity index is 761. The van der Waals surface area contributed by atoms with E-state index in [9.17, 15) is 24.5 Å². The third kappa shape index (κ3) is 6.37. The van der Waals surface area contributed by atoms with E-state index in [1.807, 2.05) is 12.1 Å². The zero-order chi connectivity index (χ0) is 21.6. The molecular weight excluding hydrogens is 376 g/mol. The summed E-state index contributed by atoms with van der Waals surface area (Å²) in [6.45, 7) is 5.19. The van der Waals surface area contributed by atoms with Gasteiger partial charge >= 0.3 is 5.97 Å². The second-order valence-electron chi connectivity index (χ2n) is 7.78. The fraction of sp³-hybridized carbons (Fsp3) is 0.571. The van der Waals surface area contributed by atoms with E-state index in [4.69, 9.17) is 4.74 Å². The number of amides is 1. The van der Waals surface area contributed by atoms with Crippen LogP contribution >= 0.6 is 0 Å². The van der Waals surface area contributed by atoms with Crippen LogP contribution in [0.5, 0.6) is 0 Å². The van der Waals surface area contributed by atoms with Gasteiger partial charge in [0.1, 0.15) is 5.78 Å². The van der Waals surface area contributed by atoms with Crippen molar-refractivity contribution >= 4 is 23.3 Å². The molecule has 4 atom stereocenters. The number of nitrogens with zero attached hydrogens (tertiary/aromatic N) is 1. The summed E-state index contributed by atoms with van der Waals surface area (Å²) < 4.78 is 4.98. The number of ketones is 1.